The smallest absolute Gasteiger partial charge is 0.269 e. The maximum Gasteiger partial charge on any atom is 0.269 e. The molecule has 184 valence electrons. The van der Waals surface area contributed by atoms with Crippen LogP contribution in [0.5, 0.6) is 0 Å². The molecular formula is C24H27N5O4S2. The van der Waals surface area contributed by atoms with Crippen LogP contribution < -0.4 is 0 Å². The van der Waals surface area contributed by atoms with Gasteiger partial charge in [0.25, 0.3) is 5.69 Å². The van der Waals surface area contributed by atoms with Crippen LogP contribution in [0.3, 0.4) is 0 Å². The van der Waals surface area contributed by atoms with Crippen molar-refractivity contribution in [1.82, 2.24) is 14.4 Å². The molecule has 0 amide bonds. The number of hydrogen-bond acceptors (Lipinski definition) is 9. The number of nitro benzene ring substituents is 1. The van der Waals surface area contributed by atoms with Crippen LogP contribution in [0.2, 0.25) is 0 Å². The van der Waals surface area contributed by atoms with Gasteiger partial charge in [-0.1, -0.05) is 5.16 Å². The van der Waals surface area contributed by atoms with Crippen LogP contribution in [0.25, 0.3) is 16.8 Å². The molecule has 0 aliphatic carbocycles. The molecular weight excluding hydrogens is 486 g/mol. The van der Waals surface area contributed by atoms with Gasteiger partial charge >= 0.3 is 0 Å². The summed E-state index contributed by atoms with van der Waals surface area (Å²) in [5.74, 6) is 0. The molecule has 0 atom stereocenters. The number of hydrogen-bond donors (Lipinski definition) is 0. The normalized spacial score (nSPS) is 17.0. The second kappa shape index (κ2) is 10.5. The minimum atomic E-state index is -0.378. The number of likely N-dealkylation sites (N-methyl/N-ethyl adjacent to an activating group) is 1. The van der Waals surface area contributed by atoms with Gasteiger partial charge in [0.1, 0.15) is 5.71 Å². The maximum atomic E-state index is 11.1. The van der Waals surface area contributed by atoms with E-state index in [2.05, 4.69) is 26.6 Å². The molecule has 0 bridgehead atoms. The van der Waals surface area contributed by atoms with Gasteiger partial charge in [0, 0.05) is 56.6 Å². The van der Waals surface area contributed by atoms with E-state index in [0.29, 0.717) is 6.61 Å². The minimum Gasteiger partial charge on any atom is -0.366 e. The summed E-state index contributed by atoms with van der Waals surface area (Å²) in [6, 6.07) is 10.7. The zero-order chi connectivity index (χ0) is 24.4. The van der Waals surface area contributed by atoms with E-state index in [1.54, 1.807) is 35.2 Å². The Labute approximate surface area is 212 Å². The average Bonchev–Trinajstić information content (AvgIpc) is 3.55. The average molecular weight is 514 g/mol. The molecule has 9 nitrogen and oxygen atoms in total. The Hall–Kier alpha value is -2.70. The van der Waals surface area contributed by atoms with Crippen molar-refractivity contribution in [3.05, 3.63) is 63.3 Å². The maximum absolute atomic E-state index is 11.1. The van der Waals surface area contributed by atoms with Crippen LogP contribution >= 0.6 is 23.1 Å². The van der Waals surface area contributed by atoms with E-state index in [9.17, 15) is 10.1 Å². The van der Waals surface area contributed by atoms with Crippen molar-refractivity contribution in [1.29, 1.82) is 0 Å². The van der Waals surface area contributed by atoms with Crippen LogP contribution in [-0.2, 0) is 9.57 Å². The summed E-state index contributed by atoms with van der Waals surface area (Å²) in [6.45, 7) is 5.91. The quantitative estimate of drug-likeness (QED) is 0.109. The van der Waals surface area contributed by atoms with Crippen LogP contribution in [0.1, 0.15) is 10.6 Å². The van der Waals surface area contributed by atoms with Gasteiger partial charge in [-0.2, -0.15) is 0 Å². The number of fused-ring (bicyclic) bond motifs is 3. The van der Waals surface area contributed by atoms with Gasteiger partial charge in [-0.25, -0.2) is 0 Å². The van der Waals surface area contributed by atoms with E-state index in [-0.39, 0.29) is 17.4 Å². The Morgan fingerprint density at radius 2 is 1.94 bits per heavy atom. The zero-order valence-electron chi connectivity index (χ0n) is 19.7. The molecule has 5 rings (SSSR count). The van der Waals surface area contributed by atoms with Gasteiger partial charge in [0.15, 0.2) is 0 Å². The summed E-state index contributed by atoms with van der Waals surface area (Å²) in [4.78, 5) is 22.1. The first-order valence-electron chi connectivity index (χ1n) is 11.4. The Balaban J connectivity index is 1.31. The Kier molecular flexibility index (Phi) is 7.21. The first-order valence-corrected chi connectivity index (χ1v) is 13.4. The van der Waals surface area contributed by atoms with E-state index >= 15 is 0 Å². The molecule has 3 aromatic rings. The van der Waals surface area contributed by atoms with Gasteiger partial charge < -0.3 is 19.0 Å². The third-order valence-electron chi connectivity index (χ3n) is 6.29. The standard InChI is InChI=1S/C24H27N5O4S2/c1-26-10-12-27(13-11-26)14-15-32-16-33-25-21-19-4-3-9-28(19)22-20(24(34-2)35-23(21)22)17-5-7-18(8-6-17)29(30)31/h3-9H,10-16H2,1-2H3/b25-21-. The van der Waals surface area contributed by atoms with Crippen LogP contribution in [0.4, 0.5) is 5.69 Å². The molecule has 1 saturated heterocycles. The number of benzene rings is 1. The van der Waals surface area contributed by atoms with Crippen molar-refractivity contribution in [3.63, 3.8) is 0 Å². The molecule has 0 saturated carbocycles. The van der Waals surface area contributed by atoms with E-state index in [1.807, 2.05) is 36.7 Å². The predicted octanol–water partition coefficient (Wildman–Crippen LogP) is 4.14. The van der Waals surface area contributed by atoms with Gasteiger partial charge in [0.2, 0.25) is 6.79 Å². The number of nitrogens with zero attached hydrogens (tertiary/aromatic N) is 5. The summed E-state index contributed by atoms with van der Waals surface area (Å²) < 4.78 is 8.92. The van der Waals surface area contributed by atoms with Gasteiger partial charge in [0.05, 0.1) is 32.0 Å². The van der Waals surface area contributed by atoms with Crippen LogP contribution in [0.15, 0.2) is 52.0 Å². The SMILES string of the molecule is CSc1sc2c(c1-c1ccc([N+](=O)[O-])cc1)-n1cccc1/C2=N/OCOCCN1CCN(C)CC1. The molecule has 2 aliphatic rings. The lowest BCUT2D eigenvalue weighted by Crippen LogP contribution is -2.45. The fourth-order valence-electron chi connectivity index (χ4n) is 4.37. The molecule has 0 radical (unpaired) electrons. The van der Waals surface area contributed by atoms with Crippen molar-refractivity contribution in [2.24, 2.45) is 5.16 Å². The number of thioether (sulfide) groups is 1. The number of aromatic nitrogens is 1. The first-order chi connectivity index (χ1) is 17.1. The molecule has 4 heterocycles. The third-order valence-corrected chi connectivity index (χ3v) is 8.60. The number of rotatable bonds is 9. The van der Waals surface area contributed by atoms with E-state index in [1.165, 1.54) is 0 Å². The largest absolute Gasteiger partial charge is 0.366 e. The molecule has 0 spiro atoms. The molecule has 0 N–H and O–H groups in total. The topological polar surface area (TPSA) is 85.4 Å². The summed E-state index contributed by atoms with van der Waals surface area (Å²) in [5, 5.41) is 15.5. The lowest BCUT2D eigenvalue weighted by Gasteiger charge is -2.32. The Bertz CT molecular complexity index is 1230. The number of piperazine rings is 1. The second-order valence-electron chi connectivity index (χ2n) is 8.45. The molecule has 11 heteroatoms. The van der Waals surface area contributed by atoms with Gasteiger partial charge in [-0.3, -0.25) is 15.0 Å². The molecule has 2 aromatic heterocycles. The Morgan fingerprint density at radius 1 is 1.17 bits per heavy atom. The Morgan fingerprint density at radius 3 is 2.66 bits per heavy atom. The highest BCUT2D eigenvalue weighted by Crippen LogP contribution is 2.48. The van der Waals surface area contributed by atoms with E-state index < -0.39 is 0 Å². The fraction of sp³-hybridized carbons (Fsp3) is 0.375. The van der Waals surface area contributed by atoms with E-state index in [0.717, 1.165) is 70.0 Å². The highest BCUT2D eigenvalue weighted by molar-refractivity contribution is 8.00. The number of thiophene rings is 1. The predicted molar refractivity (Wildman–Crippen MR) is 139 cm³/mol. The second-order valence-corrected chi connectivity index (χ2v) is 10.5. The first kappa shape index (κ1) is 24.0. The van der Waals surface area contributed by atoms with Crippen molar-refractivity contribution in [2.45, 2.75) is 4.21 Å². The summed E-state index contributed by atoms with van der Waals surface area (Å²) in [6.07, 6.45) is 4.04. The molecule has 1 aromatic carbocycles. The van der Waals surface area contributed by atoms with Crippen LogP contribution in [0, 0.1) is 10.1 Å². The fourth-order valence-corrected chi connectivity index (χ4v) is 6.41. The lowest BCUT2D eigenvalue weighted by molar-refractivity contribution is -0.384. The van der Waals surface area contributed by atoms with Gasteiger partial charge in [-0.05, 0) is 43.1 Å². The van der Waals surface area contributed by atoms with Crippen molar-refractivity contribution < 1.29 is 14.5 Å². The molecule has 2 aliphatic heterocycles. The van der Waals surface area contributed by atoms with Crippen molar-refractivity contribution in [3.8, 4) is 16.8 Å². The summed E-state index contributed by atoms with van der Waals surface area (Å²) in [5.41, 5.74) is 4.84. The number of non-ortho nitro benzene ring substituents is 1. The number of ether oxygens (including phenoxy) is 1. The molecule has 35 heavy (non-hydrogen) atoms. The molecule has 1 fully saturated rings. The highest BCUT2D eigenvalue weighted by atomic mass is 32.2. The van der Waals surface area contributed by atoms with Gasteiger partial charge in [-0.15, -0.1) is 23.1 Å². The number of oxime groups is 1. The lowest BCUT2D eigenvalue weighted by atomic mass is 10.1. The summed E-state index contributed by atoms with van der Waals surface area (Å²) in [7, 11) is 2.15. The number of nitro groups is 1. The highest BCUT2D eigenvalue weighted by Gasteiger charge is 2.33. The van der Waals surface area contributed by atoms with Crippen LogP contribution in [-0.4, -0.2) is 84.4 Å². The summed E-state index contributed by atoms with van der Waals surface area (Å²) >= 11 is 3.31. The zero-order valence-corrected chi connectivity index (χ0v) is 21.3. The van der Waals surface area contributed by atoms with Crippen molar-refractivity contribution in [2.75, 3.05) is 59.4 Å². The minimum absolute atomic E-state index is 0.0799. The molecule has 0 unspecified atom stereocenters. The van der Waals surface area contributed by atoms with E-state index in [4.69, 9.17) is 9.57 Å². The third kappa shape index (κ3) is 4.87. The monoisotopic (exact) mass is 513 g/mol. The van der Waals surface area contributed by atoms with Crippen molar-refractivity contribution >= 4 is 34.5 Å².